The van der Waals surface area contributed by atoms with Crippen molar-refractivity contribution in [3.63, 3.8) is 0 Å². The molecule has 1 atom stereocenters. The number of nitrogens with two attached hydrogens (primary N) is 1. The Morgan fingerprint density at radius 3 is 2.39 bits per heavy atom. The average molecular weight is 249 g/mol. The minimum absolute atomic E-state index is 0.173. The van der Waals surface area contributed by atoms with Gasteiger partial charge in [0.2, 0.25) is 0 Å². The Morgan fingerprint density at radius 2 is 1.78 bits per heavy atom. The zero-order valence-electron chi connectivity index (χ0n) is 9.82. The number of hydrogen-bond donors (Lipinski definition) is 2. The number of aryl methyl sites for hydroxylation is 1. The van der Waals surface area contributed by atoms with Crippen LogP contribution in [0.15, 0.2) is 36.7 Å². The Hall–Kier alpha value is -1.85. The molecule has 1 unspecified atom stereocenters. The second-order valence-corrected chi connectivity index (χ2v) is 3.98. The fourth-order valence-corrected chi connectivity index (χ4v) is 1.81. The summed E-state index contributed by atoms with van der Waals surface area (Å²) in [6, 6.07) is 5.84. The van der Waals surface area contributed by atoms with Crippen molar-refractivity contribution in [3.8, 4) is 0 Å². The maximum absolute atomic E-state index is 13.9. The molecule has 1 heterocycles. The van der Waals surface area contributed by atoms with Gasteiger partial charge in [-0.25, -0.2) is 14.2 Å². The van der Waals surface area contributed by atoms with Crippen LogP contribution in [0.5, 0.6) is 0 Å². The number of hydrogen-bond acceptors (Lipinski definition) is 3. The van der Waals surface area contributed by atoms with Crippen LogP contribution < -0.4 is 11.3 Å². The lowest BCUT2D eigenvalue weighted by Gasteiger charge is -2.18. The highest BCUT2D eigenvalue weighted by Gasteiger charge is 2.19. The van der Waals surface area contributed by atoms with Crippen molar-refractivity contribution in [2.45, 2.75) is 13.0 Å². The summed E-state index contributed by atoms with van der Waals surface area (Å²) in [5.74, 6) is 3.71. The second kappa shape index (κ2) is 5.20. The number of rotatable bonds is 3. The van der Waals surface area contributed by atoms with Gasteiger partial charge in [-0.05, 0) is 30.2 Å². The summed E-state index contributed by atoms with van der Waals surface area (Å²) < 4.78 is 27.4. The summed E-state index contributed by atoms with van der Waals surface area (Å²) in [7, 11) is 0. The number of pyridine rings is 1. The fraction of sp³-hybridized carbons (Fsp3) is 0.154. The van der Waals surface area contributed by atoms with Gasteiger partial charge in [-0.15, -0.1) is 0 Å². The van der Waals surface area contributed by atoms with E-state index in [0.717, 1.165) is 5.56 Å². The third kappa shape index (κ3) is 2.23. The van der Waals surface area contributed by atoms with Crippen molar-refractivity contribution < 1.29 is 8.78 Å². The largest absolute Gasteiger partial charge is 0.271 e. The number of benzene rings is 1. The van der Waals surface area contributed by atoms with Gasteiger partial charge in [-0.3, -0.25) is 10.8 Å². The first-order chi connectivity index (χ1) is 8.65. The van der Waals surface area contributed by atoms with E-state index >= 15 is 0 Å². The first-order valence-electron chi connectivity index (χ1n) is 5.45. The third-order valence-electron chi connectivity index (χ3n) is 2.82. The number of nitrogens with zero attached hydrogens (tertiary/aromatic N) is 1. The van der Waals surface area contributed by atoms with Crippen molar-refractivity contribution in [2.24, 2.45) is 5.84 Å². The molecule has 0 bridgehead atoms. The van der Waals surface area contributed by atoms with Crippen LogP contribution in [0.4, 0.5) is 8.78 Å². The summed E-state index contributed by atoms with van der Waals surface area (Å²) in [6.07, 6.45) is 3.14. The third-order valence-corrected chi connectivity index (χ3v) is 2.82. The van der Waals surface area contributed by atoms with Crippen molar-refractivity contribution in [3.05, 3.63) is 65.0 Å². The van der Waals surface area contributed by atoms with Gasteiger partial charge in [0.25, 0.3) is 0 Å². The van der Waals surface area contributed by atoms with Gasteiger partial charge in [-0.1, -0.05) is 12.1 Å². The maximum Gasteiger partial charge on any atom is 0.164 e. The van der Waals surface area contributed by atoms with Crippen LogP contribution in [0.1, 0.15) is 22.7 Å². The molecule has 0 aliphatic carbocycles. The molecule has 0 radical (unpaired) electrons. The highest BCUT2D eigenvalue weighted by molar-refractivity contribution is 5.34. The predicted molar refractivity (Wildman–Crippen MR) is 64.5 cm³/mol. The molecule has 94 valence electrons. The normalized spacial score (nSPS) is 12.4. The molecule has 2 aromatic rings. The molecule has 0 spiro atoms. The summed E-state index contributed by atoms with van der Waals surface area (Å²) in [5.41, 5.74) is 3.64. The molecule has 0 aliphatic rings. The minimum Gasteiger partial charge on any atom is -0.271 e. The highest BCUT2D eigenvalue weighted by Crippen LogP contribution is 2.26. The Kier molecular flexibility index (Phi) is 3.64. The molecule has 1 aromatic carbocycles. The second-order valence-electron chi connectivity index (χ2n) is 3.98. The molecule has 0 fully saturated rings. The van der Waals surface area contributed by atoms with E-state index in [9.17, 15) is 8.78 Å². The Bertz CT molecular complexity index is 543. The predicted octanol–water partition coefficient (Wildman–Crippen LogP) is 2.22. The van der Waals surface area contributed by atoms with Gasteiger partial charge in [0.05, 0.1) is 6.04 Å². The monoisotopic (exact) mass is 249 g/mol. The highest BCUT2D eigenvalue weighted by atomic mass is 19.2. The number of halogens is 2. The zero-order chi connectivity index (χ0) is 13.1. The molecule has 0 saturated heterocycles. The molecule has 0 saturated carbocycles. The van der Waals surface area contributed by atoms with Crippen LogP contribution >= 0.6 is 0 Å². The van der Waals surface area contributed by atoms with E-state index in [1.807, 2.05) is 0 Å². The van der Waals surface area contributed by atoms with Gasteiger partial charge < -0.3 is 0 Å². The minimum atomic E-state index is -0.880. The van der Waals surface area contributed by atoms with Crippen LogP contribution in [0.25, 0.3) is 0 Å². The van der Waals surface area contributed by atoms with Crippen molar-refractivity contribution in [2.75, 3.05) is 0 Å². The number of aromatic nitrogens is 1. The van der Waals surface area contributed by atoms with Crippen molar-refractivity contribution >= 4 is 0 Å². The Labute approximate surface area is 104 Å². The van der Waals surface area contributed by atoms with E-state index in [0.29, 0.717) is 0 Å². The van der Waals surface area contributed by atoms with Crippen LogP contribution in [-0.2, 0) is 0 Å². The van der Waals surface area contributed by atoms with Crippen LogP contribution in [0.2, 0.25) is 0 Å². The average Bonchev–Trinajstić information content (AvgIpc) is 2.41. The molecule has 3 nitrogen and oxygen atoms in total. The van der Waals surface area contributed by atoms with Crippen molar-refractivity contribution in [1.82, 2.24) is 10.4 Å². The van der Waals surface area contributed by atoms with E-state index in [2.05, 4.69) is 10.4 Å². The molecule has 1 aromatic heterocycles. The molecule has 18 heavy (non-hydrogen) atoms. The summed E-state index contributed by atoms with van der Waals surface area (Å²) in [5, 5.41) is 0. The molecule has 5 heteroatoms. The van der Waals surface area contributed by atoms with E-state index in [1.165, 1.54) is 19.1 Å². The number of nitrogens with one attached hydrogen (secondary N) is 1. The first-order valence-corrected chi connectivity index (χ1v) is 5.45. The molecular formula is C13H13F2N3. The van der Waals surface area contributed by atoms with E-state index in [-0.39, 0.29) is 11.1 Å². The quantitative estimate of drug-likeness (QED) is 0.647. The summed E-state index contributed by atoms with van der Waals surface area (Å²) in [6.45, 7) is 1.51. The lowest BCUT2D eigenvalue weighted by molar-refractivity contribution is 0.478. The number of hydrazine groups is 1. The Balaban J connectivity index is 2.50. The molecule has 0 aliphatic heterocycles. The van der Waals surface area contributed by atoms with Crippen LogP contribution in [0, 0.1) is 18.6 Å². The van der Waals surface area contributed by atoms with Gasteiger partial charge in [-0.2, -0.15) is 0 Å². The van der Waals surface area contributed by atoms with E-state index in [1.54, 1.807) is 24.5 Å². The molecule has 2 rings (SSSR count). The topological polar surface area (TPSA) is 50.9 Å². The summed E-state index contributed by atoms with van der Waals surface area (Å²) in [4.78, 5) is 3.87. The lowest BCUT2D eigenvalue weighted by Crippen LogP contribution is -2.29. The molecular weight excluding hydrogens is 236 g/mol. The lowest BCUT2D eigenvalue weighted by atomic mass is 9.98. The zero-order valence-corrected chi connectivity index (χ0v) is 9.82. The molecule has 0 amide bonds. The molecule has 3 N–H and O–H groups in total. The standard InChI is InChI=1S/C13H13F2N3/c1-8-2-3-10(12(15)11(8)14)13(18-16)9-4-6-17-7-5-9/h2-7,13,18H,16H2,1H3. The van der Waals surface area contributed by atoms with Gasteiger partial charge in [0.1, 0.15) is 0 Å². The SMILES string of the molecule is Cc1ccc(C(NN)c2ccncc2)c(F)c1F. The maximum atomic E-state index is 13.9. The fourth-order valence-electron chi connectivity index (χ4n) is 1.81. The van der Waals surface area contributed by atoms with E-state index in [4.69, 9.17) is 5.84 Å². The van der Waals surface area contributed by atoms with Crippen molar-refractivity contribution in [1.29, 1.82) is 0 Å². The first kappa shape index (κ1) is 12.6. The van der Waals surface area contributed by atoms with Crippen LogP contribution in [0.3, 0.4) is 0 Å². The van der Waals surface area contributed by atoms with Crippen LogP contribution in [-0.4, -0.2) is 4.98 Å². The summed E-state index contributed by atoms with van der Waals surface area (Å²) >= 11 is 0. The van der Waals surface area contributed by atoms with Gasteiger partial charge in [0, 0.05) is 18.0 Å². The van der Waals surface area contributed by atoms with Gasteiger partial charge >= 0.3 is 0 Å². The Morgan fingerprint density at radius 1 is 1.11 bits per heavy atom. The van der Waals surface area contributed by atoms with Gasteiger partial charge in [0.15, 0.2) is 11.6 Å². The van der Waals surface area contributed by atoms with E-state index < -0.39 is 17.7 Å². The smallest absolute Gasteiger partial charge is 0.164 e.